The fourth-order valence-electron chi connectivity index (χ4n) is 2.78. The maximum Gasteiger partial charge on any atom is 0.215 e. The van der Waals surface area contributed by atoms with Crippen LogP contribution in [0, 0.1) is 0 Å². The number of carbonyl (C=O) groups is 1. The van der Waals surface area contributed by atoms with Gasteiger partial charge in [-0.05, 0) is 38.1 Å². The Bertz CT molecular complexity index is 718. The smallest absolute Gasteiger partial charge is 0.215 e. The Labute approximate surface area is 135 Å². The third-order valence-corrected chi connectivity index (χ3v) is 4.08. The molecule has 6 nitrogen and oxygen atoms in total. The van der Waals surface area contributed by atoms with Crippen molar-refractivity contribution in [1.29, 1.82) is 0 Å². The molecule has 3 rings (SSSR count). The van der Waals surface area contributed by atoms with Crippen molar-refractivity contribution in [2.75, 3.05) is 18.0 Å². The summed E-state index contributed by atoms with van der Waals surface area (Å²) in [5.74, 6) is 0.516. The van der Waals surface area contributed by atoms with Crippen LogP contribution in [0.4, 0.5) is 11.6 Å². The Morgan fingerprint density at radius 3 is 2.91 bits per heavy atom. The van der Waals surface area contributed by atoms with Gasteiger partial charge < -0.3 is 10.2 Å². The van der Waals surface area contributed by atoms with Crippen molar-refractivity contribution in [2.45, 2.75) is 25.9 Å². The molecule has 6 heteroatoms. The topological polar surface area (TPSA) is 81.9 Å². The standard InChI is InChI=1S/C17H20N5O/c1-11-10-22(12(2)9-20-11)15-7-3-6-14(21-15)16(23)13-5-4-8-19-17(13)18/h3-8,11-12,18,20H,9-10H2,1-2H3. The fraction of sp³-hybridized carbons (Fsp3) is 0.353. The van der Waals surface area contributed by atoms with E-state index in [4.69, 9.17) is 5.73 Å². The van der Waals surface area contributed by atoms with Gasteiger partial charge in [0.2, 0.25) is 5.78 Å². The molecule has 1 aliphatic rings. The number of anilines is 1. The van der Waals surface area contributed by atoms with Gasteiger partial charge in [-0.25, -0.2) is 9.97 Å². The highest BCUT2D eigenvalue weighted by Crippen LogP contribution is 2.20. The number of pyridine rings is 2. The summed E-state index contributed by atoms with van der Waals surface area (Å²) in [7, 11) is 0. The zero-order valence-corrected chi connectivity index (χ0v) is 13.3. The molecule has 1 fully saturated rings. The molecule has 0 aromatic carbocycles. The van der Waals surface area contributed by atoms with Gasteiger partial charge in [-0.3, -0.25) is 10.5 Å². The first-order valence-corrected chi connectivity index (χ1v) is 7.74. The predicted octanol–water partition coefficient (Wildman–Crippen LogP) is 1.81. The van der Waals surface area contributed by atoms with E-state index in [2.05, 4.69) is 34.0 Å². The highest BCUT2D eigenvalue weighted by Gasteiger charge is 2.24. The lowest BCUT2D eigenvalue weighted by atomic mass is 10.1. The lowest BCUT2D eigenvalue weighted by Crippen LogP contribution is -2.54. The van der Waals surface area contributed by atoms with Crippen LogP contribution in [0.1, 0.15) is 29.9 Å². The van der Waals surface area contributed by atoms with E-state index in [1.165, 1.54) is 6.20 Å². The van der Waals surface area contributed by atoms with E-state index in [9.17, 15) is 4.79 Å². The van der Waals surface area contributed by atoms with Gasteiger partial charge in [0.05, 0.1) is 5.56 Å². The summed E-state index contributed by atoms with van der Waals surface area (Å²) in [6.07, 6.45) is 1.51. The monoisotopic (exact) mass is 310 g/mol. The molecule has 0 amide bonds. The van der Waals surface area contributed by atoms with Gasteiger partial charge in [0.15, 0.2) is 5.82 Å². The second kappa shape index (κ2) is 6.34. The number of nitrogens with one attached hydrogen (secondary N) is 2. The van der Waals surface area contributed by atoms with Crippen LogP contribution in [0.2, 0.25) is 0 Å². The van der Waals surface area contributed by atoms with Crippen LogP contribution in [0.3, 0.4) is 0 Å². The Balaban J connectivity index is 1.91. The number of rotatable bonds is 3. The largest absolute Gasteiger partial charge is 0.351 e. The molecule has 2 unspecified atom stereocenters. The van der Waals surface area contributed by atoms with E-state index in [0.717, 1.165) is 18.9 Å². The first-order valence-electron chi connectivity index (χ1n) is 7.74. The molecule has 1 saturated heterocycles. The second-order valence-corrected chi connectivity index (χ2v) is 5.92. The number of carbonyl (C=O) groups excluding carboxylic acids is 1. The minimum Gasteiger partial charge on any atom is -0.351 e. The van der Waals surface area contributed by atoms with Gasteiger partial charge in [-0.1, -0.05) is 6.07 Å². The molecule has 2 N–H and O–H groups in total. The molecule has 23 heavy (non-hydrogen) atoms. The Kier molecular flexibility index (Phi) is 4.25. The summed E-state index contributed by atoms with van der Waals surface area (Å²) in [5.41, 5.74) is 8.41. The molecule has 0 saturated carbocycles. The minimum atomic E-state index is -0.263. The van der Waals surface area contributed by atoms with E-state index < -0.39 is 0 Å². The average molecular weight is 310 g/mol. The first-order chi connectivity index (χ1) is 11.1. The van der Waals surface area contributed by atoms with Crippen LogP contribution in [0.5, 0.6) is 0 Å². The molecule has 0 aliphatic carbocycles. The van der Waals surface area contributed by atoms with Crippen molar-refractivity contribution in [2.24, 2.45) is 0 Å². The first kappa shape index (κ1) is 15.4. The molecule has 1 radical (unpaired) electrons. The average Bonchev–Trinajstić information content (AvgIpc) is 2.57. The van der Waals surface area contributed by atoms with Crippen molar-refractivity contribution < 1.29 is 4.79 Å². The number of nitrogens with zero attached hydrogens (tertiary/aromatic N) is 3. The van der Waals surface area contributed by atoms with Crippen molar-refractivity contribution in [3.8, 4) is 0 Å². The molecule has 2 atom stereocenters. The number of hydrogen-bond donors (Lipinski definition) is 1. The molecule has 119 valence electrons. The summed E-state index contributed by atoms with van der Waals surface area (Å²) in [6, 6.07) is 9.43. The zero-order chi connectivity index (χ0) is 16.4. The second-order valence-electron chi connectivity index (χ2n) is 5.92. The molecular weight excluding hydrogens is 290 g/mol. The molecule has 0 bridgehead atoms. The summed E-state index contributed by atoms with van der Waals surface area (Å²) in [6.45, 7) is 6.01. The molecule has 1 aliphatic heterocycles. The quantitative estimate of drug-likeness (QED) is 0.874. The van der Waals surface area contributed by atoms with Gasteiger partial charge in [0, 0.05) is 31.4 Å². The summed E-state index contributed by atoms with van der Waals surface area (Å²) >= 11 is 0. The van der Waals surface area contributed by atoms with Crippen LogP contribution in [0.15, 0.2) is 36.5 Å². The summed E-state index contributed by atoms with van der Waals surface area (Å²) < 4.78 is 0. The summed E-state index contributed by atoms with van der Waals surface area (Å²) in [4.78, 5) is 23.2. The molecular formula is C17H20N5O. The highest BCUT2D eigenvalue weighted by molar-refractivity contribution is 6.10. The Morgan fingerprint density at radius 2 is 2.13 bits per heavy atom. The molecule has 0 spiro atoms. The maximum absolute atomic E-state index is 12.6. The Morgan fingerprint density at radius 1 is 1.30 bits per heavy atom. The van der Waals surface area contributed by atoms with Crippen LogP contribution in [-0.2, 0) is 0 Å². The molecule has 2 aromatic heterocycles. The van der Waals surface area contributed by atoms with Crippen LogP contribution in [0.25, 0.3) is 0 Å². The van der Waals surface area contributed by atoms with Crippen LogP contribution < -0.4 is 16.0 Å². The van der Waals surface area contributed by atoms with Crippen LogP contribution in [-0.4, -0.2) is 40.9 Å². The Hall–Kier alpha value is -2.47. The van der Waals surface area contributed by atoms with Crippen LogP contribution >= 0.6 is 0 Å². The van der Waals surface area contributed by atoms with E-state index in [1.54, 1.807) is 18.2 Å². The van der Waals surface area contributed by atoms with Crippen molar-refractivity contribution in [1.82, 2.24) is 21.0 Å². The molecule has 2 aromatic rings. The van der Waals surface area contributed by atoms with Gasteiger partial charge in [-0.15, -0.1) is 0 Å². The van der Waals surface area contributed by atoms with E-state index in [1.807, 2.05) is 12.1 Å². The van der Waals surface area contributed by atoms with E-state index >= 15 is 0 Å². The SMILES string of the molecule is CC1CN(c2cccc(C(=O)c3cccnc3[NH])n2)C(C)CN1. The zero-order valence-electron chi connectivity index (χ0n) is 13.3. The highest BCUT2D eigenvalue weighted by atomic mass is 16.1. The summed E-state index contributed by atoms with van der Waals surface area (Å²) in [5, 5.41) is 3.43. The van der Waals surface area contributed by atoms with E-state index in [0.29, 0.717) is 17.8 Å². The maximum atomic E-state index is 12.6. The van der Waals surface area contributed by atoms with E-state index in [-0.39, 0.29) is 17.2 Å². The minimum absolute atomic E-state index is 0.0196. The number of piperazine rings is 1. The third-order valence-electron chi connectivity index (χ3n) is 4.08. The number of aromatic nitrogens is 2. The molecule has 3 heterocycles. The van der Waals surface area contributed by atoms with Gasteiger partial charge in [0.1, 0.15) is 11.5 Å². The third kappa shape index (κ3) is 3.17. The van der Waals surface area contributed by atoms with Crippen molar-refractivity contribution in [3.63, 3.8) is 0 Å². The number of ketones is 1. The lowest BCUT2D eigenvalue weighted by Gasteiger charge is -2.38. The van der Waals surface area contributed by atoms with Gasteiger partial charge in [0.25, 0.3) is 0 Å². The van der Waals surface area contributed by atoms with Crippen molar-refractivity contribution in [3.05, 3.63) is 47.8 Å². The predicted molar refractivity (Wildman–Crippen MR) is 88.9 cm³/mol. The number of hydrogen-bond acceptors (Lipinski definition) is 5. The normalized spacial score (nSPS) is 21.2. The lowest BCUT2D eigenvalue weighted by molar-refractivity contribution is 0.103. The van der Waals surface area contributed by atoms with Gasteiger partial charge in [-0.2, -0.15) is 0 Å². The van der Waals surface area contributed by atoms with Crippen molar-refractivity contribution >= 4 is 17.4 Å². The fourth-order valence-corrected chi connectivity index (χ4v) is 2.78. The van der Waals surface area contributed by atoms with Gasteiger partial charge >= 0.3 is 0 Å².